The maximum absolute atomic E-state index is 13.2. The van der Waals surface area contributed by atoms with Crippen molar-refractivity contribution in [2.24, 2.45) is 5.92 Å². The molecular formula is C22H30N2O5. The van der Waals surface area contributed by atoms with E-state index in [1.165, 1.54) is 24.6 Å². The molecular weight excluding hydrogens is 372 g/mol. The Morgan fingerprint density at radius 3 is 2.55 bits per heavy atom. The molecule has 1 aromatic rings. The van der Waals surface area contributed by atoms with Crippen LogP contribution in [0.1, 0.15) is 59.7 Å². The van der Waals surface area contributed by atoms with Crippen LogP contribution in [-0.4, -0.2) is 54.6 Å². The van der Waals surface area contributed by atoms with Crippen molar-refractivity contribution in [2.75, 3.05) is 32.1 Å². The van der Waals surface area contributed by atoms with Crippen molar-refractivity contribution in [3.05, 3.63) is 41.5 Å². The Morgan fingerprint density at radius 1 is 1.21 bits per heavy atom. The molecule has 0 heterocycles. The van der Waals surface area contributed by atoms with E-state index in [1.54, 1.807) is 31.1 Å². The Morgan fingerprint density at radius 2 is 1.93 bits per heavy atom. The van der Waals surface area contributed by atoms with Gasteiger partial charge in [-0.3, -0.25) is 9.59 Å². The maximum atomic E-state index is 13.2. The molecule has 7 nitrogen and oxygen atoms in total. The van der Waals surface area contributed by atoms with Gasteiger partial charge in [-0.05, 0) is 50.0 Å². The Bertz CT molecular complexity index is 754. The summed E-state index contributed by atoms with van der Waals surface area (Å²) in [5.41, 5.74) is 0.325. The fourth-order valence-electron chi connectivity index (χ4n) is 3.65. The largest absolute Gasteiger partial charge is 0.478 e. The summed E-state index contributed by atoms with van der Waals surface area (Å²) >= 11 is 0. The summed E-state index contributed by atoms with van der Waals surface area (Å²) in [4.78, 5) is 38.4. The third-order valence-electron chi connectivity index (χ3n) is 5.12. The first-order valence-corrected chi connectivity index (χ1v) is 10.1. The van der Waals surface area contributed by atoms with E-state index in [0.717, 1.165) is 25.7 Å². The molecule has 158 valence electrons. The smallest absolute Gasteiger partial charge is 0.336 e. The zero-order valence-corrected chi connectivity index (χ0v) is 17.1. The minimum atomic E-state index is -1.21. The summed E-state index contributed by atoms with van der Waals surface area (Å²) in [6.07, 6.45) is 8.65. The fourth-order valence-corrected chi connectivity index (χ4v) is 3.65. The van der Waals surface area contributed by atoms with E-state index in [2.05, 4.69) is 5.32 Å². The highest BCUT2D eigenvalue weighted by Gasteiger charge is 2.25. The van der Waals surface area contributed by atoms with Crippen molar-refractivity contribution in [3.63, 3.8) is 0 Å². The van der Waals surface area contributed by atoms with Crippen LogP contribution in [0.4, 0.5) is 5.69 Å². The first-order chi connectivity index (χ1) is 14.0. The number of anilines is 1. The number of nitrogens with zero attached hydrogens (tertiary/aromatic N) is 1. The molecule has 7 heteroatoms. The highest BCUT2D eigenvalue weighted by Crippen LogP contribution is 2.26. The van der Waals surface area contributed by atoms with Crippen LogP contribution in [0, 0.1) is 5.92 Å². The molecule has 1 aliphatic carbocycles. The lowest BCUT2D eigenvalue weighted by Crippen LogP contribution is -2.39. The molecule has 0 spiro atoms. The summed E-state index contributed by atoms with van der Waals surface area (Å²) in [6.45, 7) is 3.11. The van der Waals surface area contributed by atoms with Crippen molar-refractivity contribution < 1.29 is 24.2 Å². The van der Waals surface area contributed by atoms with Gasteiger partial charge in [0.25, 0.3) is 5.91 Å². The SMILES string of the molecule is C/C=C/C(=O)Nc1ccc(C(=O)N(CCOC)CC2CCCCC2)c(C(=O)O)c1. The Kier molecular flexibility index (Phi) is 8.86. The average Bonchev–Trinajstić information content (AvgIpc) is 2.71. The van der Waals surface area contributed by atoms with Gasteiger partial charge in [-0.15, -0.1) is 0 Å². The van der Waals surface area contributed by atoms with E-state index in [0.29, 0.717) is 31.3 Å². The van der Waals surface area contributed by atoms with Gasteiger partial charge in [0.2, 0.25) is 5.91 Å². The van der Waals surface area contributed by atoms with E-state index < -0.39 is 5.97 Å². The number of carboxylic acid groups (broad SMARTS) is 1. The van der Waals surface area contributed by atoms with Crippen LogP contribution >= 0.6 is 0 Å². The van der Waals surface area contributed by atoms with Gasteiger partial charge in [-0.1, -0.05) is 25.3 Å². The van der Waals surface area contributed by atoms with E-state index in [-0.39, 0.29) is 22.9 Å². The summed E-state index contributed by atoms with van der Waals surface area (Å²) in [5.74, 6) is -1.46. The van der Waals surface area contributed by atoms with Crippen molar-refractivity contribution in [2.45, 2.75) is 39.0 Å². The number of carbonyl (C=O) groups is 3. The molecule has 1 fully saturated rings. The number of aromatic carboxylic acids is 1. The maximum Gasteiger partial charge on any atom is 0.336 e. The molecule has 0 aliphatic heterocycles. The predicted octanol–water partition coefficient (Wildman–Crippen LogP) is 3.57. The molecule has 0 saturated heterocycles. The van der Waals surface area contributed by atoms with Crippen molar-refractivity contribution in [1.82, 2.24) is 4.90 Å². The molecule has 1 aliphatic rings. The average molecular weight is 402 g/mol. The summed E-state index contributed by atoms with van der Waals surface area (Å²) < 4.78 is 5.15. The predicted molar refractivity (Wildman–Crippen MR) is 111 cm³/mol. The van der Waals surface area contributed by atoms with Crippen LogP contribution < -0.4 is 5.32 Å². The lowest BCUT2D eigenvalue weighted by Gasteiger charge is -2.30. The van der Waals surface area contributed by atoms with Crippen LogP contribution in [0.15, 0.2) is 30.4 Å². The van der Waals surface area contributed by atoms with Crippen LogP contribution in [-0.2, 0) is 9.53 Å². The lowest BCUT2D eigenvalue weighted by atomic mass is 9.88. The van der Waals surface area contributed by atoms with E-state index in [1.807, 2.05) is 0 Å². The standard InChI is InChI=1S/C22H30N2O5/c1-3-7-20(25)23-17-10-11-18(19(14-17)22(27)28)21(26)24(12-13-29-2)15-16-8-5-4-6-9-16/h3,7,10-11,14,16H,4-6,8-9,12-13,15H2,1-2H3,(H,23,25)(H,27,28)/b7-3+. The normalized spacial score (nSPS) is 14.7. The first-order valence-electron chi connectivity index (χ1n) is 10.1. The number of hydrogen-bond acceptors (Lipinski definition) is 4. The quantitative estimate of drug-likeness (QED) is 0.616. The van der Waals surface area contributed by atoms with Crippen LogP contribution in [0.2, 0.25) is 0 Å². The van der Waals surface area contributed by atoms with Gasteiger partial charge in [0.1, 0.15) is 0 Å². The third kappa shape index (κ3) is 6.71. The number of methoxy groups -OCH3 is 1. The molecule has 0 aromatic heterocycles. The lowest BCUT2D eigenvalue weighted by molar-refractivity contribution is -0.111. The van der Waals surface area contributed by atoms with Gasteiger partial charge < -0.3 is 20.1 Å². The molecule has 0 bridgehead atoms. The van der Waals surface area contributed by atoms with Crippen LogP contribution in [0.25, 0.3) is 0 Å². The van der Waals surface area contributed by atoms with Gasteiger partial charge in [-0.25, -0.2) is 4.79 Å². The van der Waals surface area contributed by atoms with E-state index >= 15 is 0 Å². The second-order valence-corrected chi connectivity index (χ2v) is 7.30. The zero-order chi connectivity index (χ0) is 21.2. The van der Waals surface area contributed by atoms with Gasteiger partial charge in [0.15, 0.2) is 0 Å². The highest BCUT2D eigenvalue weighted by molar-refractivity contribution is 6.06. The molecule has 2 amide bonds. The summed E-state index contributed by atoms with van der Waals surface area (Å²) in [7, 11) is 1.58. The minimum Gasteiger partial charge on any atom is -0.478 e. The Hall–Kier alpha value is -2.67. The Balaban J connectivity index is 2.25. The van der Waals surface area contributed by atoms with Crippen molar-refractivity contribution >= 4 is 23.5 Å². The number of ether oxygens (including phenoxy) is 1. The molecule has 2 rings (SSSR count). The minimum absolute atomic E-state index is 0.119. The van der Waals surface area contributed by atoms with E-state index in [4.69, 9.17) is 4.74 Å². The zero-order valence-electron chi connectivity index (χ0n) is 17.1. The van der Waals surface area contributed by atoms with Crippen molar-refractivity contribution in [3.8, 4) is 0 Å². The first kappa shape index (κ1) is 22.6. The third-order valence-corrected chi connectivity index (χ3v) is 5.12. The molecule has 1 aromatic carbocycles. The van der Waals surface area contributed by atoms with Crippen molar-refractivity contribution in [1.29, 1.82) is 0 Å². The van der Waals surface area contributed by atoms with Gasteiger partial charge >= 0.3 is 5.97 Å². The molecule has 0 atom stereocenters. The number of rotatable bonds is 9. The molecule has 2 N–H and O–H groups in total. The number of amides is 2. The van der Waals surface area contributed by atoms with Gasteiger partial charge in [0.05, 0.1) is 17.7 Å². The highest BCUT2D eigenvalue weighted by atomic mass is 16.5. The number of benzene rings is 1. The molecule has 1 saturated carbocycles. The molecule has 0 radical (unpaired) electrons. The second-order valence-electron chi connectivity index (χ2n) is 7.30. The van der Waals surface area contributed by atoms with E-state index in [9.17, 15) is 19.5 Å². The topological polar surface area (TPSA) is 95.9 Å². The van der Waals surface area contributed by atoms with Gasteiger partial charge in [-0.2, -0.15) is 0 Å². The summed E-state index contributed by atoms with van der Waals surface area (Å²) in [6, 6.07) is 4.35. The summed E-state index contributed by atoms with van der Waals surface area (Å²) in [5, 5.41) is 12.2. The Labute approximate surface area is 171 Å². The molecule has 0 unspecified atom stereocenters. The number of hydrogen-bond donors (Lipinski definition) is 2. The monoisotopic (exact) mass is 402 g/mol. The second kappa shape index (κ2) is 11.4. The van der Waals surface area contributed by atoms with Gasteiger partial charge in [0, 0.05) is 25.9 Å². The van der Waals surface area contributed by atoms with Crippen LogP contribution in [0.3, 0.4) is 0 Å². The number of carboxylic acids is 1. The number of allylic oxidation sites excluding steroid dienone is 1. The molecule has 29 heavy (non-hydrogen) atoms. The fraction of sp³-hybridized carbons (Fsp3) is 0.500. The number of carbonyl (C=O) groups excluding carboxylic acids is 2. The van der Waals surface area contributed by atoms with Crippen LogP contribution in [0.5, 0.6) is 0 Å². The number of nitrogens with one attached hydrogen (secondary N) is 1.